The largest absolute Gasteiger partial charge is 0.271 e. The molecule has 0 saturated carbocycles. The number of rotatable bonds is 3. The zero-order valence-electron chi connectivity index (χ0n) is 9.58. The van der Waals surface area contributed by atoms with Gasteiger partial charge in [-0.05, 0) is 16.3 Å². The lowest BCUT2D eigenvalue weighted by Gasteiger charge is -2.15. The molecular weight excluding hydrogens is 244 g/mol. The van der Waals surface area contributed by atoms with Crippen LogP contribution < -0.4 is 11.3 Å². The fourth-order valence-corrected chi connectivity index (χ4v) is 2.58. The van der Waals surface area contributed by atoms with Crippen molar-refractivity contribution in [3.05, 3.63) is 59.9 Å². The molecule has 0 radical (unpaired) electrons. The van der Waals surface area contributed by atoms with E-state index in [0.29, 0.717) is 0 Å². The van der Waals surface area contributed by atoms with E-state index in [2.05, 4.69) is 38.4 Å². The molecule has 1 aromatic heterocycles. The Balaban J connectivity index is 2.18. The van der Waals surface area contributed by atoms with Crippen molar-refractivity contribution in [2.24, 2.45) is 5.84 Å². The Morgan fingerprint density at radius 3 is 2.72 bits per heavy atom. The number of hydrazine groups is 1. The maximum atomic E-state index is 5.67. The molecule has 5 heteroatoms. The van der Waals surface area contributed by atoms with Crippen LogP contribution in [0.5, 0.6) is 0 Å². The van der Waals surface area contributed by atoms with E-state index >= 15 is 0 Å². The predicted octanol–water partition coefficient (Wildman–Crippen LogP) is 2.24. The number of fused-ring (bicyclic) bond motifs is 1. The van der Waals surface area contributed by atoms with Gasteiger partial charge in [-0.1, -0.05) is 42.5 Å². The quantitative estimate of drug-likeness (QED) is 0.557. The highest BCUT2D eigenvalue weighted by atomic mass is 32.1. The molecule has 0 aliphatic carbocycles. The Morgan fingerprint density at radius 2 is 1.94 bits per heavy atom. The van der Waals surface area contributed by atoms with E-state index in [1.165, 1.54) is 22.5 Å². The Hall–Kier alpha value is -1.82. The lowest BCUT2D eigenvalue weighted by Crippen LogP contribution is -2.29. The number of nitrogens with two attached hydrogens (primary N) is 1. The second-order valence-electron chi connectivity index (χ2n) is 4.00. The fraction of sp³-hybridized carbons (Fsp3) is 0.0769. The molecule has 0 aliphatic heterocycles. The van der Waals surface area contributed by atoms with Crippen LogP contribution in [0.25, 0.3) is 10.8 Å². The zero-order valence-corrected chi connectivity index (χ0v) is 10.4. The van der Waals surface area contributed by atoms with Crippen LogP contribution in [0.1, 0.15) is 17.3 Å². The smallest absolute Gasteiger partial charge is 0.0970 e. The summed E-state index contributed by atoms with van der Waals surface area (Å²) in [5.74, 6) is 5.67. The SMILES string of the molecule is NNC(c1cnsn1)c1cccc2ccccc12. The van der Waals surface area contributed by atoms with Crippen molar-refractivity contribution >= 4 is 22.5 Å². The van der Waals surface area contributed by atoms with E-state index in [-0.39, 0.29) is 6.04 Å². The third-order valence-electron chi connectivity index (χ3n) is 2.98. The fourth-order valence-electron chi connectivity index (χ4n) is 2.14. The van der Waals surface area contributed by atoms with Gasteiger partial charge in [0, 0.05) is 0 Å². The highest BCUT2D eigenvalue weighted by molar-refractivity contribution is 6.99. The van der Waals surface area contributed by atoms with Crippen molar-refractivity contribution < 1.29 is 0 Å². The van der Waals surface area contributed by atoms with Crippen LogP contribution in [-0.4, -0.2) is 8.75 Å². The maximum absolute atomic E-state index is 5.67. The minimum Gasteiger partial charge on any atom is -0.271 e. The first kappa shape index (κ1) is 11.3. The van der Waals surface area contributed by atoms with Crippen LogP contribution in [0, 0.1) is 0 Å². The second-order valence-corrected chi connectivity index (χ2v) is 4.56. The first-order chi connectivity index (χ1) is 8.90. The minimum atomic E-state index is -0.130. The molecule has 3 N–H and O–H groups in total. The maximum Gasteiger partial charge on any atom is 0.0970 e. The normalized spacial score (nSPS) is 12.7. The van der Waals surface area contributed by atoms with Crippen LogP contribution >= 0.6 is 11.7 Å². The van der Waals surface area contributed by atoms with Gasteiger partial charge in [-0.3, -0.25) is 5.84 Å². The first-order valence-corrected chi connectivity index (χ1v) is 6.34. The van der Waals surface area contributed by atoms with Gasteiger partial charge < -0.3 is 0 Å². The highest BCUT2D eigenvalue weighted by Gasteiger charge is 2.17. The Kier molecular flexibility index (Phi) is 3.02. The van der Waals surface area contributed by atoms with E-state index in [4.69, 9.17) is 5.84 Å². The summed E-state index contributed by atoms with van der Waals surface area (Å²) in [6, 6.07) is 14.3. The van der Waals surface area contributed by atoms with Crippen LogP contribution in [0.15, 0.2) is 48.7 Å². The van der Waals surface area contributed by atoms with Gasteiger partial charge >= 0.3 is 0 Å². The van der Waals surface area contributed by atoms with Gasteiger partial charge in [0.05, 0.1) is 29.7 Å². The molecule has 1 heterocycles. The molecule has 0 spiro atoms. The topological polar surface area (TPSA) is 63.8 Å². The van der Waals surface area contributed by atoms with Crippen LogP contribution in [0.3, 0.4) is 0 Å². The van der Waals surface area contributed by atoms with Gasteiger partial charge in [0.25, 0.3) is 0 Å². The zero-order chi connectivity index (χ0) is 12.4. The summed E-state index contributed by atoms with van der Waals surface area (Å²) in [5.41, 5.74) is 4.78. The van der Waals surface area contributed by atoms with Gasteiger partial charge in [-0.25, -0.2) is 5.43 Å². The van der Waals surface area contributed by atoms with Crippen molar-refractivity contribution in [2.75, 3.05) is 0 Å². The molecular formula is C13H12N4S. The summed E-state index contributed by atoms with van der Waals surface area (Å²) in [4.78, 5) is 0. The third kappa shape index (κ3) is 1.88. The van der Waals surface area contributed by atoms with Crippen LogP contribution in [0.2, 0.25) is 0 Å². The highest BCUT2D eigenvalue weighted by Crippen LogP contribution is 2.27. The molecule has 0 bridgehead atoms. The summed E-state index contributed by atoms with van der Waals surface area (Å²) < 4.78 is 8.29. The van der Waals surface area contributed by atoms with Gasteiger partial charge in [-0.15, -0.1) is 0 Å². The first-order valence-electron chi connectivity index (χ1n) is 5.61. The van der Waals surface area contributed by atoms with Crippen molar-refractivity contribution in [2.45, 2.75) is 6.04 Å². The molecule has 0 saturated heterocycles. The van der Waals surface area contributed by atoms with E-state index in [1.54, 1.807) is 6.20 Å². The summed E-state index contributed by atoms with van der Waals surface area (Å²) in [7, 11) is 0. The molecule has 18 heavy (non-hydrogen) atoms. The number of nitrogens with zero attached hydrogens (tertiary/aromatic N) is 2. The van der Waals surface area contributed by atoms with E-state index in [1.807, 2.05) is 18.2 Å². The Morgan fingerprint density at radius 1 is 1.11 bits per heavy atom. The molecule has 0 amide bonds. The van der Waals surface area contributed by atoms with Gasteiger partial charge in [-0.2, -0.15) is 8.75 Å². The average Bonchev–Trinajstić information content (AvgIpc) is 2.94. The molecule has 0 fully saturated rings. The molecule has 3 rings (SSSR count). The number of benzene rings is 2. The molecule has 1 unspecified atom stereocenters. The molecule has 3 aromatic rings. The van der Waals surface area contributed by atoms with E-state index in [0.717, 1.165) is 11.3 Å². The van der Waals surface area contributed by atoms with Crippen molar-refractivity contribution in [1.82, 2.24) is 14.2 Å². The summed E-state index contributed by atoms with van der Waals surface area (Å²) in [6.07, 6.45) is 1.75. The minimum absolute atomic E-state index is 0.130. The van der Waals surface area contributed by atoms with E-state index in [9.17, 15) is 0 Å². The monoisotopic (exact) mass is 256 g/mol. The average molecular weight is 256 g/mol. The van der Waals surface area contributed by atoms with Crippen molar-refractivity contribution in [1.29, 1.82) is 0 Å². The number of nitrogens with one attached hydrogen (secondary N) is 1. The van der Waals surface area contributed by atoms with Crippen LogP contribution in [0.4, 0.5) is 0 Å². The molecule has 1 atom stereocenters. The summed E-state index contributed by atoms with van der Waals surface area (Å²) in [6.45, 7) is 0. The number of aromatic nitrogens is 2. The summed E-state index contributed by atoms with van der Waals surface area (Å²) in [5, 5.41) is 2.37. The van der Waals surface area contributed by atoms with Crippen molar-refractivity contribution in [3.63, 3.8) is 0 Å². The molecule has 0 aliphatic rings. The molecule has 2 aromatic carbocycles. The van der Waals surface area contributed by atoms with Crippen LogP contribution in [-0.2, 0) is 0 Å². The predicted molar refractivity (Wildman–Crippen MR) is 73.0 cm³/mol. The van der Waals surface area contributed by atoms with E-state index < -0.39 is 0 Å². The number of hydrogen-bond acceptors (Lipinski definition) is 5. The Labute approximate surface area is 109 Å². The second kappa shape index (κ2) is 4.81. The van der Waals surface area contributed by atoms with Gasteiger partial charge in [0.15, 0.2) is 0 Å². The standard InChI is InChI=1S/C13H12N4S/c14-16-13(12-8-15-18-17-12)11-7-3-5-9-4-1-2-6-10(9)11/h1-8,13,16H,14H2. The molecule has 4 nitrogen and oxygen atoms in total. The molecule has 90 valence electrons. The lowest BCUT2D eigenvalue weighted by molar-refractivity contribution is 0.629. The van der Waals surface area contributed by atoms with Crippen molar-refractivity contribution in [3.8, 4) is 0 Å². The lowest BCUT2D eigenvalue weighted by atomic mass is 9.97. The summed E-state index contributed by atoms with van der Waals surface area (Å²) >= 11 is 1.19. The van der Waals surface area contributed by atoms with Gasteiger partial charge in [0.1, 0.15) is 0 Å². The number of hydrogen-bond donors (Lipinski definition) is 2. The Bertz CT molecular complexity index is 646. The third-order valence-corrected chi connectivity index (χ3v) is 3.47. The van der Waals surface area contributed by atoms with Gasteiger partial charge in [0.2, 0.25) is 0 Å².